The minimum Gasteiger partial charge on any atom is -0.370 e. The highest BCUT2D eigenvalue weighted by atomic mass is 32.2. The summed E-state index contributed by atoms with van der Waals surface area (Å²) in [6, 6.07) is 17.1. The highest BCUT2D eigenvalue weighted by Gasteiger charge is 2.30. The summed E-state index contributed by atoms with van der Waals surface area (Å²) in [5.74, 6) is 0.497. The molecule has 6 heteroatoms. The van der Waals surface area contributed by atoms with Gasteiger partial charge in [0.15, 0.2) is 5.16 Å². The third-order valence-electron chi connectivity index (χ3n) is 4.70. The molecule has 0 bridgehead atoms. The van der Waals surface area contributed by atoms with Gasteiger partial charge in [0.2, 0.25) is 5.91 Å². The van der Waals surface area contributed by atoms with Crippen LogP contribution in [0.3, 0.4) is 0 Å². The maximum Gasteiger partial charge on any atom is 0.217 e. The molecule has 1 heterocycles. The van der Waals surface area contributed by atoms with Crippen molar-refractivity contribution in [1.82, 2.24) is 14.8 Å². The molecule has 0 unspecified atom stereocenters. The Kier molecular flexibility index (Phi) is 4.51. The summed E-state index contributed by atoms with van der Waals surface area (Å²) >= 11 is 1.72. The molecule has 0 aliphatic heterocycles. The van der Waals surface area contributed by atoms with Crippen LogP contribution in [0.5, 0.6) is 0 Å². The van der Waals surface area contributed by atoms with Crippen molar-refractivity contribution < 1.29 is 4.79 Å². The molecule has 0 saturated heterocycles. The number of hydrogen-bond acceptors (Lipinski definition) is 4. The number of primary amides is 1. The largest absolute Gasteiger partial charge is 0.370 e. The van der Waals surface area contributed by atoms with Gasteiger partial charge in [-0.25, -0.2) is 0 Å². The van der Waals surface area contributed by atoms with Gasteiger partial charge in [-0.15, -0.1) is 10.2 Å². The third-order valence-corrected chi connectivity index (χ3v) is 5.96. The molecule has 0 fully saturated rings. The molecule has 0 atom stereocenters. The monoisotopic (exact) mass is 364 g/mol. The number of nitrogens with zero attached hydrogens (tertiary/aromatic N) is 3. The molecule has 4 rings (SSSR count). The molecular weight excluding hydrogens is 344 g/mol. The Labute approximate surface area is 156 Å². The Morgan fingerprint density at radius 2 is 1.69 bits per heavy atom. The fourth-order valence-electron chi connectivity index (χ4n) is 3.49. The van der Waals surface area contributed by atoms with Gasteiger partial charge in [-0.2, -0.15) is 0 Å². The first-order chi connectivity index (χ1) is 12.7. The van der Waals surface area contributed by atoms with Crippen molar-refractivity contribution in [1.29, 1.82) is 0 Å². The van der Waals surface area contributed by atoms with Gasteiger partial charge in [0.05, 0.1) is 5.25 Å². The van der Waals surface area contributed by atoms with Gasteiger partial charge in [0.1, 0.15) is 5.82 Å². The van der Waals surface area contributed by atoms with Crippen LogP contribution in [0.4, 0.5) is 0 Å². The van der Waals surface area contributed by atoms with E-state index in [0.717, 1.165) is 17.5 Å². The van der Waals surface area contributed by atoms with Crippen molar-refractivity contribution in [3.8, 4) is 11.1 Å². The second-order valence-electron chi connectivity index (χ2n) is 6.28. The number of benzene rings is 2. The normalized spacial score (nSPS) is 12.8. The molecule has 0 spiro atoms. The van der Waals surface area contributed by atoms with E-state index in [4.69, 9.17) is 5.73 Å². The molecule has 0 radical (unpaired) electrons. The van der Waals surface area contributed by atoms with E-state index in [1.807, 2.05) is 0 Å². The van der Waals surface area contributed by atoms with E-state index in [-0.39, 0.29) is 17.6 Å². The van der Waals surface area contributed by atoms with E-state index in [2.05, 4.69) is 70.2 Å². The summed E-state index contributed by atoms with van der Waals surface area (Å²) in [4.78, 5) is 11.1. The van der Waals surface area contributed by atoms with E-state index >= 15 is 0 Å². The zero-order valence-corrected chi connectivity index (χ0v) is 15.4. The first-order valence-electron chi connectivity index (χ1n) is 8.74. The highest BCUT2D eigenvalue weighted by Crippen LogP contribution is 2.51. The molecule has 5 nitrogen and oxygen atoms in total. The van der Waals surface area contributed by atoms with Crippen molar-refractivity contribution in [2.75, 3.05) is 0 Å². The van der Waals surface area contributed by atoms with Crippen LogP contribution in [-0.2, 0) is 17.8 Å². The predicted octanol–water partition coefficient (Wildman–Crippen LogP) is 3.58. The molecule has 1 aliphatic carbocycles. The number of aryl methyl sites for hydroxylation is 1. The summed E-state index contributed by atoms with van der Waals surface area (Å²) in [6.07, 6.45) is 0.812. The lowest BCUT2D eigenvalue weighted by molar-refractivity contribution is -0.118. The Balaban J connectivity index is 1.69. The van der Waals surface area contributed by atoms with Gasteiger partial charge in [-0.3, -0.25) is 4.79 Å². The van der Waals surface area contributed by atoms with Gasteiger partial charge in [0, 0.05) is 19.4 Å². The van der Waals surface area contributed by atoms with Crippen LogP contribution in [0.25, 0.3) is 11.1 Å². The van der Waals surface area contributed by atoms with E-state index in [1.54, 1.807) is 11.8 Å². The lowest BCUT2D eigenvalue weighted by atomic mass is 10.1. The number of hydrogen-bond donors (Lipinski definition) is 1. The van der Waals surface area contributed by atoms with Gasteiger partial charge >= 0.3 is 0 Å². The van der Waals surface area contributed by atoms with Crippen molar-refractivity contribution >= 4 is 17.7 Å². The molecule has 1 aliphatic rings. The number of aromatic nitrogens is 3. The Morgan fingerprint density at radius 1 is 1.08 bits per heavy atom. The van der Waals surface area contributed by atoms with Crippen LogP contribution in [0.1, 0.15) is 35.5 Å². The van der Waals surface area contributed by atoms with Crippen LogP contribution < -0.4 is 5.73 Å². The van der Waals surface area contributed by atoms with E-state index < -0.39 is 0 Å². The number of carbonyl (C=O) groups is 1. The summed E-state index contributed by atoms with van der Waals surface area (Å²) in [6.45, 7) is 2.83. The minimum atomic E-state index is -0.316. The quantitative estimate of drug-likeness (QED) is 0.725. The van der Waals surface area contributed by atoms with Crippen molar-refractivity contribution in [2.24, 2.45) is 5.73 Å². The topological polar surface area (TPSA) is 73.8 Å². The Hall–Kier alpha value is -2.60. The van der Waals surface area contributed by atoms with Crippen LogP contribution in [0, 0.1) is 0 Å². The first-order valence-corrected chi connectivity index (χ1v) is 9.62. The number of fused-ring (bicyclic) bond motifs is 3. The van der Waals surface area contributed by atoms with Gasteiger partial charge < -0.3 is 10.3 Å². The molecule has 1 amide bonds. The van der Waals surface area contributed by atoms with E-state index in [1.165, 1.54) is 22.3 Å². The fourth-order valence-corrected chi connectivity index (χ4v) is 4.81. The molecule has 26 heavy (non-hydrogen) atoms. The number of carbonyl (C=O) groups excluding carboxylic acids is 1. The van der Waals surface area contributed by atoms with Crippen LogP contribution >= 0.6 is 11.8 Å². The Bertz CT molecular complexity index is 920. The number of thioether (sulfide) groups is 1. The number of rotatable bonds is 6. The average Bonchev–Trinajstić information content (AvgIpc) is 3.20. The number of amides is 1. The molecule has 132 valence electrons. The summed E-state index contributed by atoms with van der Waals surface area (Å²) < 4.78 is 2.08. The van der Waals surface area contributed by atoms with Crippen LogP contribution in [0.2, 0.25) is 0 Å². The smallest absolute Gasteiger partial charge is 0.217 e. The minimum absolute atomic E-state index is 0.195. The van der Waals surface area contributed by atoms with E-state index in [0.29, 0.717) is 6.42 Å². The van der Waals surface area contributed by atoms with Crippen LogP contribution in [-0.4, -0.2) is 20.7 Å². The fraction of sp³-hybridized carbons (Fsp3) is 0.250. The molecule has 1 aromatic heterocycles. The lowest BCUT2D eigenvalue weighted by Crippen LogP contribution is -2.13. The van der Waals surface area contributed by atoms with Crippen LogP contribution in [0.15, 0.2) is 53.7 Å². The molecule has 0 saturated carbocycles. The average molecular weight is 364 g/mol. The Morgan fingerprint density at radius 3 is 2.27 bits per heavy atom. The standard InChI is InChI=1S/C20H20N4OS/c1-2-24-18(12-11-17(21)25)22-23-20(24)26-19-15-9-5-3-7-13(15)14-8-4-6-10-16(14)19/h3-10,19H,2,11-12H2,1H3,(H2,21,25). The zero-order chi connectivity index (χ0) is 18.1. The molecule has 2 N–H and O–H groups in total. The number of nitrogens with two attached hydrogens (primary N) is 1. The zero-order valence-electron chi connectivity index (χ0n) is 14.6. The maximum atomic E-state index is 11.1. The van der Waals surface area contributed by atoms with E-state index in [9.17, 15) is 4.79 Å². The second-order valence-corrected chi connectivity index (χ2v) is 7.35. The van der Waals surface area contributed by atoms with Gasteiger partial charge in [-0.1, -0.05) is 60.3 Å². The second kappa shape index (κ2) is 6.96. The van der Waals surface area contributed by atoms with Crippen molar-refractivity contribution in [3.05, 3.63) is 65.5 Å². The summed E-state index contributed by atoms with van der Waals surface area (Å²) in [5, 5.41) is 9.77. The third kappa shape index (κ3) is 2.90. The van der Waals surface area contributed by atoms with Crippen molar-refractivity contribution in [3.63, 3.8) is 0 Å². The molecular formula is C20H20N4OS. The highest BCUT2D eigenvalue weighted by molar-refractivity contribution is 7.99. The summed E-state index contributed by atoms with van der Waals surface area (Å²) in [7, 11) is 0. The predicted molar refractivity (Wildman–Crippen MR) is 103 cm³/mol. The van der Waals surface area contributed by atoms with Gasteiger partial charge in [-0.05, 0) is 29.2 Å². The lowest BCUT2D eigenvalue weighted by Gasteiger charge is -2.14. The first kappa shape index (κ1) is 16.8. The summed E-state index contributed by atoms with van der Waals surface area (Å²) in [5.41, 5.74) is 10.5. The maximum absolute atomic E-state index is 11.1. The molecule has 2 aromatic carbocycles. The van der Waals surface area contributed by atoms with Gasteiger partial charge in [0.25, 0.3) is 0 Å². The molecule has 3 aromatic rings. The van der Waals surface area contributed by atoms with Crippen molar-refractivity contribution in [2.45, 2.75) is 36.7 Å². The SMILES string of the molecule is CCn1c(CCC(N)=O)nnc1SC1c2ccccc2-c2ccccc21.